The van der Waals surface area contributed by atoms with Gasteiger partial charge in [0.15, 0.2) is 0 Å². The summed E-state index contributed by atoms with van der Waals surface area (Å²) in [5.74, 6) is 0.925. The highest BCUT2D eigenvalue weighted by Crippen LogP contribution is 2.46. The molecule has 2 heterocycles. The van der Waals surface area contributed by atoms with E-state index in [2.05, 4.69) is 167 Å². The van der Waals surface area contributed by atoms with Crippen molar-refractivity contribution in [1.29, 1.82) is 0 Å². The summed E-state index contributed by atoms with van der Waals surface area (Å²) in [5, 5.41) is 4.86. The number of benzene rings is 7. The van der Waals surface area contributed by atoms with Gasteiger partial charge < -0.3 is 0 Å². The van der Waals surface area contributed by atoms with Crippen molar-refractivity contribution in [3.05, 3.63) is 176 Å². The molecule has 0 atom stereocenters. The molecule has 2 aromatic heterocycles. The van der Waals surface area contributed by atoms with E-state index in [4.69, 9.17) is 4.98 Å². The summed E-state index contributed by atoms with van der Waals surface area (Å²) in [6, 6.07) is 58.3. The quantitative estimate of drug-likeness (QED) is 0.184. The van der Waals surface area contributed by atoms with Gasteiger partial charge in [0.1, 0.15) is 5.82 Å². The van der Waals surface area contributed by atoms with Gasteiger partial charge in [0.25, 0.3) is 0 Å². The Balaban J connectivity index is 1.35. The van der Waals surface area contributed by atoms with Crippen LogP contribution in [-0.4, -0.2) is 14.5 Å². The average molecular weight is 600 g/mol. The van der Waals surface area contributed by atoms with Gasteiger partial charge in [0.05, 0.1) is 11.0 Å². The third-order valence-electron chi connectivity index (χ3n) is 9.09. The second-order valence-electron chi connectivity index (χ2n) is 11.8. The van der Waals surface area contributed by atoms with E-state index >= 15 is 0 Å². The number of hydrogen-bond donors (Lipinski definition) is 0. The maximum absolute atomic E-state index is 5.27. The Kier molecular flexibility index (Phi) is 6.46. The summed E-state index contributed by atoms with van der Waals surface area (Å²) >= 11 is 0. The molecule has 0 amide bonds. The summed E-state index contributed by atoms with van der Waals surface area (Å²) in [5.41, 5.74) is 11.3. The molecule has 0 aliphatic carbocycles. The zero-order valence-electron chi connectivity index (χ0n) is 25.6. The van der Waals surface area contributed by atoms with Gasteiger partial charge in [-0.15, -0.1) is 0 Å². The van der Waals surface area contributed by atoms with E-state index in [-0.39, 0.29) is 0 Å². The van der Waals surface area contributed by atoms with Gasteiger partial charge in [-0.05, 0) is 85.8 Å². The van der Waals surface area contributed by atoms with Crippen LogP contribution in [0.5, 0.6) is 0 Å². The largest absolute Gasteiger partial charge is 0.292 e. The van der Waals surface area contributed by atoms with E-state index in [1.54, 1.807) is 0 Å². The smallest absolute Gasteiger partial charge is 0.146 e. The topological polar surface area (TPSA) is 30.7 Å². The van der Waals surface area contributed by atoms with Gasteiger partial charge in [-0.1, -0.05) is 127 Å². The van der Waals surface area contributed by atoms with Crippen LogP contribution in [0.25, 0.3) is 83.0 Å². The van der Waals surface area contributed by atoms with Crippen molar-refractivity contribution in [1.82, 2.24) is 14.5 Å². The Labute approximate surface area is 273 Å². The molecule has 0 aliphatic heterocycles. The van der Waals surface area contributed by atoms with Gasteiger partial charge in [0, 0.05) is 29.2 Å². The number of aromatic nitrogens is 3. The number of imidazole rings is 1. The molecule has 0 bridgehead atoms. The average Bonchev–Trinajstić information content (AvgIpc) is 3.54. The van der Waals surface area contributed by atoms with Crippen LogP contribution in [0.2, 0.25) is 0 Å². The number of pyridine rings is 1. The minimum Gasteiger partial charge on any atom is -0.292 e. The van der Waals surface area contributed by atoms with Crippen LogP contribution in [-0.2, 0) is 0 Å². The standard InChI is InChI=1S/C44H29N3/c1-2-17-33(18-3-1)47-41-26-11-10-25-40(41)46-44(47)39-24-9-8-23-38(39)43-36-21-6-4-19-34(36)42(35-20-5-7-22-37(35)43)31-15-12-14-30(28-31)32-16-13-27-45-29-32/h1-29H. The molecule has 9 rings (SSSR count). The predicted octanol–water partition coefficient (Wildman–Crippen LogP) is 11.4. The summed E-state index contributed by atoms with van der Waals surface area (Å²) in [7, 11) is 0. The fourth-order valence-electron chi connectivity index (χ4n) is 7.06. The molecule has 3 nitrogen and oxygen atoms in total. The number of fused-ring (bicyclic) bond motifs is 3. The Hall–Kier alpha value is -6.32. The van der Waals surface area contributed by atoms with Gasteiger partial charge in [-0.3, -0.25) is 9.55 Å². The van der Waals surface area contributed by atoms with E-state index in [1.165, 1.54) is 38.2 Å². The fourth-order valence-corrected chi connectivity index (χ4v) is 7.06. The minimum absolute atomic E-state index is 0.925. The molecule has 9 aromatic rings. The zero-order valence-corrected chi connectivity index (χ0v) is 25.6. The third-order valence-corrected chi connectivity index (χ3v) is 9.09. The first-order chi connectivity index (χ1) is 23.3. The molecule has 0 saturated heterocycles. The SMILES string of the molecule is c1ccc(-n2c(-c3ccccc3-c3c4ccccc4c(-c4cccc(-c5cccnc5)c4)c4ccccc34)nc3ccccc32)cc1. The Morgan fingerprint density at radius 3 is 1.74 bits per heavy atom. The van der Waals surface area contributed by atoms with E-state index in [0.717, 1.165) is 44.8 Å². The molecule has 7 aromatic carbocycles. The van der Waals surface area contributed by atoms with Crippen LogP contribution in [0.1, 0.15) is 0 Å². The van der Waals surface area contributed by atoms with Crippen molar-refractivity contribution in [3.63, 3.8) is 0 Å². The fraction of sp³-hybridized carbons (Fsp3) is 0. The number of para-hydroxylation sites is 3. The first kappa shape index (κ1) is 27.0. The molecule has 0 fully saturated rings. The minimum atomic E-state index is 0.925. The lowest BCUT2D eigenvalue weighted by Gasteiger charge is -2.20. The molecular formula is C44H29N3. The lowest BCUT2D eigenvalue weighted by atomic mass is 9.84. The molecule has 0 unspecified atom stereocenters. The molecule has 0 aliphatic rings. The van der Waals surface area contributed by atoms with Crippen LogP contribution in [0, 0.1) is 0 Å². The molecule has 0 N–H and O–H groups in total. The van der Waals surface area contributed by atoms with E-state index in [0.29, 0.717) is 0 Å². The third kappa shape index (κ3) is 4.52. The lowest BCUT2D eigenvalue weighted by Crippen LogP contribution is -1.99. The highest BCUT2D eigenvalue weighted by Gasteiger charge is 2.22. The summed E-state index contributed by atoms with van der Waals surface area (Å²) in [6.45, 7) is 0. The maximum Gasteiger partial charge on any atom is 0.146 e. The normalized spacial score (nSPS) is 11.4. The van der Waals surface area contributed by atoms with Crippen molar-refractivity contribution in [2.75, 3.05) is 0 Å². The van der Waals surface area contributed by atoms with E-state index in [1.807, 2.05) is 18.5 Å². The Morgan fingerprint density at radius 1 is 0.426 bits per heavy atom. The van der Waals surface area contributed by atoms with Gasteiger partial charge in [0.2, 0.25) is 0 Å². The van der Waals surface area contributed by atoms with E-state index < -0.39 is 0 Å². The van der Waals surface area contributed by atoms with Crippen molar-refractivity contribution in [2.24, 2.45) is 0 Å². The summed E-state index contributed by atoms with van der Waals surface area (Å²) in [4.78, 5) is 9.64. The van der Waals surface area contributed by atoms with Crippen LogP contribution < -0.4 is 0 Å². The van der Waals surface area contributed by atoms with Crippen molar-refractivity contribution in [2.45, 2.75) is 0 Å². The van der Waals surface area contributed by atoms with Crippen LogP contribution in [0.15, 0.2) is 176 Å². The maximum atomic E-state index is 5.27. The van der Waals surface area contributed by atoms with Crippen LogP contribution in [0.3, 0.4) is 0 Å². The van der Waals surface area contributed by atoms with E-state index in [9.17, 15) is 0 Å². The van der Waals surface area contributed by atoms with Crippen LogP contribution in [0.4, 0.5) is 0 Å². The molecule has 220 valence electrons. The first-order valence-electron chi connectivity index (χ1n) is 15.9. The van der Waals surface area contributed by atoms with Gasteiger partial charge >= 0.3 is 0 Å². The van der Waals surface area contributed by atoms with Crippen molar-refractivity contribution >= 4 is 32.6 Å². The summed E-state index contributed by atoms with van der Waals surface area (Å²) < 4.78 is 2.29. The molecular weight excluding hydrogens is 571 g/mol. The molecule has 0 radical (unpaired) electrons. The first-order valence-corrected chi connectivity index (χ1v) is 15.9. The monoisotopic (exact) mass is 599 g/mol. The predicted molar refractivity (Wildman–Crippen MR) is 196 cm³/mol. The Bertz CT molecular complexity index is 2510. The molecule has 3 heteroatoms. The zero-order chi connectivity index (χ0) is 31.2. The second kappa shape index (κ2) is 11.2. The van der Waals surface area contributed by atoms with Crippen molar-refractivity contribution in [3.8, 4) is 50.5 Å². The Morgan fingerprint density at radius 2 is 1.02 bits per heavy atom. The number of nitrogens with zero attached hydrogens (tertiary/aromatic N) is 3. The van der Waals surface area contributed by atoms with Crippen molar-refractivity contribution < 1.29 is 0 Å². The number of hydrogen-bond acceptors (Lipinski definition) is 2. The van der Waals surface area contributed by atoms with Gasteiger partial charge in [-0.2, -0.15) is 0 Å². The second-order valence-corrected chi connectivity index (χ2v) is 11.8. The highest BCUT2D eigenvalue weighted by atomic mass is 15.1. The highest BCUT2D eigenvalue weighted by molar-refractivity contribution is 6.22. The molecule has 0 spiro atoms. The lowest BCUT2D eigenvalue weighted by molar-refractivity contribution is 1.10. The molecule has 47 heavy (non-hydrogen) atoms. The summed E-state index contributed by atoms with van der Waals surface area (Å²) in [6.07, 6.45) is 3.75. The molecule has 0 saturated carbocycles. The van der Waals surface area contributed by atoms with Crippen LogP contribution >= 0.6 is 0 Å². The van der Waals surface area contributed by atoms with Gasteiger partial charge in [-0.25, -0.2) is 4.98 Å². The number of rotatable bonds is 5.